The SMILES string of the molecule is Cc1cccc(N2CCN(C(=O)C3(Oc4ccc(C#N)cc4)CCCC3)CC2)c1. The lowest BCUT2D eigenvalue weighted by molar-refractivity contribution is -0.148. The Balaban J connectivity index is 1.44. The number of nitriles is 1. The summed E-state index contributed by atoms with van der Waals surface area (Å²) in [5.41, 5.74) is 2.30. The molecule has 4 rings (SSSR count). The maximum atomic E-state index is 13.5. The average Bonchev–Trinajstić information content (AvgIpc) is 3.23. The van der Waals surface area contributed by atoms with Crippen molar-refractivity contribution in [3.8, 4) is 11.8 Å². The first-order valence-corrected chi connectivity index (χ1v) is 10.4. The summed E-state index contributed by atoms with van der Waals surface area (Å²) in [6, 6.07) is 17.7. The molecule has 1 aliphatic heterocycles. The quantitative estimate of drug-likeness (QED) is 0.796. The highest BCUT2D eigenvalue weighted by Gasteiger charge is 2.46. The Morgan fingerprint density at radius 3 is 2.34 bits per heavy atom. The van der Waals surface area contributed by atoms with Crippen LogP contribution in [0, 0.1) is 18.3 Å². The van der Waals surface area contributed by atoms with E-state index in [1.54, 1.807) is 24.3 Å². The van der Waals surface area contributed by atoms with Gasteiger partial charge in [-0.2, -0.15) is 5.26 Å². The fraction of sp³-hybridized carbons (Fsp3) is 0.417. The Hall–Kier alpha value is -3.00. The lowest BCUT2D eigenvalue weighted by atomic mass is 9.99. The smallest absolute Gasteiger partial charge is 0.266 e. The van der Waals surface area contributed by atoms with E-state index in [0.29, 0.717) is 24.4 Å². The van der Waals surface area contributed by atoms with Gasteiger partial charge in [0.25, 0.3) is 5.91 Å². The van der Waals surface area contributed by atoms with E-state index in [1.807, 2.05) is 4.90 Å². The molecule has 1 heterocycles. The van der Waals surface area contributed by atoms with Gasteiger partial charge in [0.2, 0.25) is 0 Å². The van der Waals surface area contributed by atoms with Crippen LogP contribution in [0.4, 0.5) is 5.69 Å². The first kappa shape index (κ1) is 19.3. The minimum Gasteiger partial charge on any atom is -0.477 e. The Kier molecular flexibility index (Phi) is 5.44. The van der Waals surface area contributed by atoms with Crippen molar-refractivity contribution in [1.29, 1.82) is 5.26 Å². The zero-order valence-electron chi connectivity index (χ0n) is 16.9. The third-order valence-corrected chi connectivity index (χ3v) is 6.03. The van der Waals surface area contributed by atoms with Crippen LogP contribution in [0.3, 0.4) is 0 Å². The molecule has 5 nitrogen and oxygen atoms in total. The Bertz CT molecular complexity index is 902. The number of aryl methyl sites for hydroxylation is 1. The molecule has 1 saturated heterocycles. The van der Waals surface area contributed by atoms with Crippen molar-refractivity contribution >= 4 is 11.6 Å². The van der Waals surface area contributed by atoms with Gasteiger partial charge < -0.3 is 14.5 Å². The molecule has 0 aromatic heterocycles. The lowest BCUT2D eigenvalue weighted by Gasteiger charge is -2.40. The van der Waals surface area contributed by atoms with E-state index >= 15 is 0 Å². The van der Waals surface area contributed by atoms with Crippen LogP contribution in [0.25, 0.3) is 0 Å². The highest BCUT2D eigenvalue weighted by atomic mass is 16.5. The van der Waals surface area contributed by atoms with Crippen molar-refractivity contribution in [2.45, 2.75) is 38.2 Å². The Morgan fingerprint density at radius 1 is 1.03 bits per heavy atom. The molecule has 1 saturated carbocycles. The molecular weight excluding hydrogens is 362 g/mol. The number of hydrogen-bond acceptors (Lipinski definition) is 4. The van der Waals surface area contributed by atoms with Crippen LogP contribution < -0.4 is 9.64 Å². The van der Waals surface area contributed by atoms with Gasteiger partial charge in [0, 0.05) is 31.9 Å². The van der Waals surface area contributed by atoms with Crippen LogP contribution in [0.2, 0.25) is 0 Å². The summed E-state index contributed by atoms with van der Waals surface area (Å²) in [5.74, 6) is 0.779. The van der Waals surface area contributed by atoms with Gasteiger partial charge in [-0.25, -0.2) is 0 Å². The number of rotatable bonds is 4. The molecule has 5 heteroatoms. The highest BCUT2D eigenvalue weighted by Crippen LogP contribution is 2.36. The van der Waals surface area contributed by atoms with Gasteiger partial charge >= 0.3 is 0 Å². The van der Waals surface area contributed by atoms with Gasteiger partial charge in [-0.05, 0) is 74.6 Å². The fourth-order valence-electron chi connectivity index (χ4n) is 4.41. The number of anilines is 1. The number of carbonyl (C=O) groups excluding carboxylic acids is 1. The second-order valence-corrected chi connectivity index (χ2v) is 8.06. The predicted molar refractivity (Wildman–Crippen MR) is 113 cm³/mol. The molecule has 1 aliphatic carbocycles. The minimum atomic E-state index is -0.764. The molecule has 0 bridgehead atoms. The number of amides is 1. The van der Waals surface area contributed by atoms with Gasteiger partial charge in [-0.3, -0.25) is 4.79 Å². The van der Waals surface area contributed by atoms with E-state index < -0.39 is 5.60 Å². The van der Waals surface area contributed by atoms with Crippen molar-refractivity contribution in [3.63, 3.8) is 0 Å². The van der Waals surface area contributed by atoms with Crippen molar-refractivity contribution in [2.75, 3.05) is 31.1 Å². The molecule has 0 radical (unpaired) electrons. The highest BCUT2D eigenvalue weighted by molar-refractivity contribution is 5.86. The van der Waals surface area contributed by atoms with Crippen LogP contribution in [0.5, 0.6) is 5.75 Å². The van der Waals surface area contributed by atoms with Crippen LogP contribution in [0.1, 0.15) is 36.8 Å². The number of ether oxygens (including phenoxy) is 1. The van der Waals surface area contributed by atoms with Crippen LogP contribution >= 0.6 is 0 Å². The van der Waals surface area contributed by atoms with Gasteiger partial charge in [0.1, 0.15) is 5.75 Å². The monoisotopic (exact) mass is 389 g/mol. The molecule has 0 spiro atoms. The Labute approximate surface area is 172 Å². The Morgan fingerprint density at radius 2 is 1.72 bits per heavy atom. The topological polar surface area (TPSA) is 56.6 Å². The zero-order chi connectivity index (χ0) is 20.3. The molecule has 0 N–H and O–H groups in total. The summed E-state index contributed by atoms with van der Waals surface area (Å²) >= 11 is 0. The molecule has 2 fully saturated rings. The molecule has 1 amide bonds. The number of benzene rings is 2. The molecule has 150 valence electrons. The average molecular weight is 389 g/mol. The van der Waals surface area contributed by atoms with E-state index in [9.17, 15) is 4.79 Å². The second-order valence-electron chi connectivity index (χ2n) is 8.06. The van der Waals surface area contributed by atoms with E-state index in [0.717, 1.165) is 38.8 Å². The van der Waals surface area contributed by atoms with Crippen molar-refractivity contribution in [3.05, 3.63) is 59.7 Å². The maximum Gasteiger partial charge on any atom is 0.266 e. The molecule has 2 aliphatic rings. The van der Waals surface area contributed by atoms with Crippen molar-refractivity contribution < 1.29 is 9.53 Å². The minimum absolute atomic E-state index is 0.114. The largest absolute Gasteiger partial charge is 0.477 e. The molecule has 0 unspecified atom stereocenters. The van der Waals surface area contributed by atoms with Crippen LogP contribution in [-0.4, -0.2) is 42.6 Å². The summed E-state index contributed by atoms with van der Waals surface area (Å²) in [4.78, 5) is 17.8. The number of carbonyl (C=O) groups is 1. The molecular formula is C24H27N3O2. The van der Waals surface area contributed by atoms with Crippen LogP contribution in [-0.2, 0) is 4.79 Å². The summed E-state index contributed by atoms with van der Waals surface area (Å²) in [6.45, 7) is 5.20. The van der Waals surface area contributed by atoms with E-state index in [2.05, 4.69) is 42.2 Å². The summed E-state index contributed by atoms with van der Waals surface area (Å²) in [6.07, 6.45) is 3.52. The second kappa shape index (κ2) is 8.16. The summed E-state index contributed by atoms with van der Waals surface area (Å²) in [5, 5.41) is 8.99. The van der Waals surface area contributed by atoms with Crippen molar-refractivity contribution in [2.24, 2.45) is 0 Å². The normalized spacial score (nSPS) is 18.3. The van der Waals surface area contributed by atoms with Gasteiger partial charge in [0.05, 0.1) is 11.6 Å². The maximum absolute atomic E-state index is 13.5. The standard InChI is InChI=1S/C24H27N3O2/c1-19-5-4-6-21(17-19)26-13-15-27(16-14-26)23(28)24(11-2-3-12-24)29-22-9-7-20(18-25)8-10-22/h4-10,17H,2-3,11-16H2,1H3. The molecule has 2 aromatic rings. The van der Waals surface area contributed by atoms with Crippen LogP contribution in [0.15, 0.2) is 48.5 Å². The fourth-order valence-corrected chi connectivity index (χ4v) is 4.41. The third-order valence-electron chi connectivity index (χ3n) is 6.03. The van der Waals surface area contributed by atoms with E-state index in [4.69, 9.17) is 10.00 Å². The summed E-state index contributed by atoms with van der Waals surface area (Å²) < 4.78 is 6.29. The number of piperazine rings is 1. The first-order chi connectivity index (χ1) is 14.1. The number of nitrogens with zero attached hydrogens (tertiary/aromatic N) is 3. The van der Waals surface area contributed by atoms with Crippen molar-refractivity contribution in [1.82, 2.24) is 4.90 Å². The van der Waals surface area contributed by atoms with E-state index in [1.165, 1.54) is 11.3 Å². The molecule has 29 heavy (non-hydrogen) atoms. The summed E-state index contributed by atoms with van der Waals surface area (Å²) in [7, 11) is 0. The molecule has 0 atom stereocenters. The molecule has 2 aromatic carbocycles. The van der Waals surface area contributed by atoms with E-state index in [-0.39, 0.29) is 5.91 Å². The lowest BCUT2D eigenvalue weighted by Crippen LogP contribution is -2.57. The third kappa shape index (κ3) is 4.07. The van der Waals surface area contributed by atoms with Gasteiger partial charge in [0.15, 0.2) is 5.60 Å². The zero-order valence-corrected chi connectivity index (χ0v) is 16.9. The number of hydrogen-bond donors (Lipinski definition) is 0. The predicted octanol–water partition coefficient (Wildman–Crippen LogP) is 3.91. The van der Waals surface area contributed by atoms with Gasteiger partial charge in [-0.1, -0.05) is 12.1 Å². The van der Waals surface area contributed by atoms with Gasteiger partial charge in [-0.15, -0.1) is 0 Å². The first-order valence-electron chi connectivity index (χ1n) is 10.4.